The van der Waals surface area contributed by atoms with Gasteiger partial charge in [0.1, 0.15) is 5.67 Å². The Hall–Kier alpha value is -0.593. The molecule has 0 bridgehead atoms. The minimum Gasteiger partial charge on any atom is -0.374 e. The summed E-state index contributed by atoms with van der Waals surface area (Å²) in [7, 11) is -2.92. The molecule has 0 aliphatic carbocycles. The molecule has 1 atom stereocenters. The fourth-order valence-electron chi connectivity index (χ4n) is 1.97. The van der Waals surface area contributed by atoms with Crippen LogP contribution in [-0.4, -0.2) is 34.3 Å². The largest absolute Gasteiger partial charge is 0.510 e. The van der Waals surface area contributed by atoms with Crippen molar-refractivity contribution in [2.75, 3.05) is 19.8 Å². The lowest BCUT2D eigenvalue weighted by Crippen LogP contribution is -2.55. The predicted molar refractivity (Wildman–Crippen MR) is 77.7 cm³/mol. The normalized spacial score (nSPS) is 13.1. The van der Waals surface area contributed by atoms with Gasteiger partial charge >= 0.3 is 8.80 Å². The topological polar surface area (TPSA) is 76.5 Å². The van der Waals surface area contributed by atoms with Gasteiger partial charge in [0.15, 0.2) is 0 Å². The minimum absolute atomic E-state index is 0.330. The van der Waals surface area contributed by atoms with Crippen LogP contribution in [0.1, 0.15) is 53.4 Å². The predicted octanol–water partition coefficient (Wildman–Crippen LogP) is 3.83. The molecule has 0 rings (SSSR count). The molecule has 0 N–H and O–H groups in total. The summed E-state index contributed by atoms with van der Waals surface area (Å²) < 4.78 is 17.4. The van der Waals surface area contributed by atoms with E-state index < -0.39 is 8.80 Å². The first kappa shape index (κ1) is 18.4. The molecule has 19 heavy (non-hydrogen) atoms. The number of unbranched alkanes of at least 4 members (excludes halogenated alkanes) is 2. The lowest BCUT2D eigenvalue weighted by Gasteiger charge is -2.33. The van der Waals surface area contributed by atoms with Gasteiger partial charge in [0.2, 0.25) is 0 Å². The van der Waals surface area contributed by atoms with E-state index in [1.807, 2.05) is 20.8 Å². The summed E-state index contributed by atoms with van der Waals surface area (Å²) in [5, 5.41) is 3.89. The van der Waals surface area contributed by atoms with E-state index in [9.17, 15) is 0 Å². The van der Waals surface area contributed by atoms with Crippen molar-refractivity contribution in [2.45, 2.75) is 59.0 Å². The Balaban J connectivity index is 5.00. The van der Waals surface area contributed by atoms with Crippen molar-refractivity contribution < 1.29 is 13.3 Å². The fraction of sp³-hybridized carbons (Fsp3) is 1.00. The summed E-state index contributed by atoms with van der Waals surface area (Å²) in [5.74, 6) is 0. The van der Waals surface area contributed by atoms with Gasteiger partial charge in [-0.3, -0.25) is 0 Å². The van der Waals surface area contributed by atoms with Crippen LogP contribution in [0.2, 0.25) is 0 Å². The van der Waals surface area contributed by atoms with E-state index in [4.69, 9.17) is 18.8 Å². The summed E-state index contributed by atoms with van der Waals surface area (Å²) in [6.07, 6.45) is 3.97. The second-order valence-electron chi connectivity index (χ2n) is 4.12. The molecule has 0 heterocycles. The Morgan fingerprint density at radius 3 is 1.89 bits per heavy atom. The maximum atomic E-state index is 8.78. The summed E-state index contributed by atoms with van der Waals surface area (Å²) in [4.78, 5) is 2.95. The molecule has 0 aromatic rings. The molecule has 0 radical (unpaired) electrons. The quantitative estimate of drug-likeness (QED) is 0.180. The van der Waals surface area contributed by atoms with Gasteiger partial charge in [0.05, 0.1) is 0 Å². The highest BCUT2D eigenvalue weighted by molar-refractivity contribution is 6.62. The van der Waals surface area contributed by atoms with Gasteiger partial charge in [-0.25, -0.2) is 0 Å². The smallest absolute Gasteiger partial charge is 0.374 e. The number of hydrogen-bond donors (Lipinski definition) is 0. The van der Waals surface area contributed by atoms with E-state index in [2.05, 4.69) is 16.9 Å². The maximum absolute atomic E-state index is 8.78. The van der Waals surface area contributed by atoms with Crippen LogP contribution in [0.15, 0.2) is 5.11 Å². The molecule has 112 valence electrons. The van der Waals surface area contributed by atoms with Gasteiger partial charge < -0.3 is 13.3 Å². The fourth-order valence-corrected chi connectivity index (χ4v) is 4.76. The molecular formula is C12H27N3O3Si. The number of azide groups is 1. The molecule has 6 nitrogen and oxygen atoms in total. The molecular weight excluding hydrogens is 262 g/mol. The van der Waals surface area contributed by atoms with Gasteiger partial charge in [-0.15, -0.1) is 0 Å². The average molecular weight is 289 g/mol. The van der Waals surface area contributed by atoms with Crippen molar-refractivity contribution in [3.63, 3.8) is 0 Å². The molecule has 0 saturated carbocycles. The lowest BCUT2D eigenvalue weighted by atomic mass is 10.2. The Labute approximate surface area is 117 Å². The van der Waals surface area contributed by atoms with Crippen LogP contribution >= 0.6 is 0 Å². The van der Waals surface area contributed by atoms with Crippen LogP contribution in [0.3, 0.4) is 0 Å². The molecule has 0 aromatic heterocycles. The zero-order valence-electron chi connectivity index (χ0n) is 12.6. The Kier molecular flexibility index (Phi) is 10.9. The third kappa shape index (κ3) is 6.40. The van der Waals surface area contributed by atoms with Crippen LogP contribution < -0.4 is 0 Å². The summed E-state index contributed by atoms with van der Waals surface area (Å²) in [5.41, 5.74) is 8.45. The number of hydrogen-bond acceptors (Lipinski definition) is 4. The second kappa shape index (κ2) is 11.3. The van der Waals surface area contributed by atoms with Gasteiger partial charge in [-0.2, -0.15) is 0 Å². The first-order chi connectivity index (χ1) is 9.20. The first-order valence-electron chi connectivity index (χ1n) is 7.16. The third-order valence-corrected chi connectivity index (χ3v) is 6.01. The second-order valence-corrected chi connectivity index (χ2v) is 6.86. The Morgan fingerprint density at radius 1 is 1.00 bits per heavy atom. The molecule has 0 fully saturated rings. The number of rotatable bonds is 12. The Bertz CT molecular complexity index is 256. The Morgan fingerprint density at radius 2 is 1.53 bits per heavy atom. The highest BCUT2D eigenvalue weighted by atomic mass is 28.4. The van der Waals surface area contributed by atoms with Crippen LogP contribution in [0, 0.1) is 0 Å². The van der Waals surface area contributed by atoms with E-state index in [0.29, 0.717) is 19.8 Å². The minimum atomic E-state index is -2.92. The molecule has 0 aliphatic heterocycles. The van der Waals surface area contributed by atoms with Crippen LogP contribution in [-0.2, 0) is 13.3 Å². The molecule has 0 aromatic carbocycles. The SMILES string of the molecule is CCCCCC(N=[N+]=[N-])[Si](OCC)(OCC)OCC. The van der Waals surface area contributed by atoms with Crippen molar-refractivity contribution in [1.29, 1.82) is 0 Å². The van der Waals surface area contributed by atoms with Crippen molar-refractivity contribution in [3.8, 4) is 0 Å². The summed E-state index contributed by atoms with van der Waals surface area (Å²) in [6, 6.07) is 0. The van der Waals surface area contributed by atoms with E-state index in [1.54, 1.807) is 0 Å². The molecule has 0 amide bonds. The van der Waals surface area contributed by atoms with Crippen molar-refractivity contribution in [2.24, 2.45) is 5.11 Å². The van der Waals surface area contributed by atoms with Crippen molar-refractivity contribution in [1.82, 2.24) is 0 Å². The molecule has 1 unspecified atom stereocenters. The van der Waals surface area contributed by atoms with Crippen LogP contribution in [0.4, 0.5) is 0 Å². The summed E-state index contributed by atoms with van der Waals surface area (Å²) >= 11 is 0. The van der Waals surface area contributed by atoms with Gasteiger partial charge in [-0.1, -0.05) is 31.3 Å². The van der Waals surface area contributed by atoms with Crippen LogP contribution in [0.5, 0.6) is 0 Å². The molecule has 7 heteroatoms. The monoisotopic (exact) mass is 289 g/mol. The summed E-state index contributed by atoms with van der Waals surface area (Å²) in [6.45, 7) is 9.34. The van der Waals surface area contributed by atoms with Crippen molar-refractivity contribution in [3.05, 3.63) is 10.4 Å². The molecule has 0 spiro atoms. The average Bonchev–Trinajstić information content (AvgIpc) is 2.39. The highest BCUT2D eigenvalue weighted by Gasteiger charge is 2.48. The first-order valence-corrected chi connectivity index (χ1v) is 8.96. The molecule has 0 aliphatic rings. The zero-order chi connectivity index (χ0) is 14.6. The standard InChI is InChI=1S/C12H27N3O3Si/c1-5-9-10-11-12(14-15-13)19(16-6-2,17-7-3)18-8-4/h12H,5-11H2,1-4H3. The zero-order valence-corrected chi connectivity index (χ0v) is 13.6. The van der Waals surface area contributed by atoms with Crippen molar-refractivity contribution >= 4 is 8.80 Å². The van der Waals surface area contributed by atoms with Gasteiger partial charge in [0, 0.05) is 24.7 Å². The lowest BCUT2D eigenvalue weighted by molar-refractivity contribution is 0.0611. The molecule has 0 saturated heterocycles. The van der Waals surface area contributed by atoms with Gasteiger partial charge in [-0.05, 0) is 32.7 Å². The van der Waals surface area contributed by atoms with E-state index >= 15 is 0 Å². The third-order valence-electron chi connectivity index (χ3n) is 2.72. The number of nitrogens with zero attached hydrogens (tertiary/aromatic N) is 3. The highest BCUT2D eigenvalue weighted by Crippen LogP contribution is 2.23. The van der Waals surface area contributed by atoms with E-state index in [1.165, 1.54) is 0 Å². The van der Waals surface area contributed by atoms with Gasteiger partial charge in [0.25, 0.3) is 0 Å². The van der Waals surface area contributed by atoms with E-state index in [0.717, 1.165) is 25.7 Å². The van der Waals surface area contributed by atoms with Crippen LogP contribution in [0.25, 0.3) is 10.4 Å². The maximum Gasteiger partial charge on any atom is 0.510 e. The van der Waals surface area contributed by atoms with E-state index in [-0.39, 0.29) is 5.67 Å².